The van der Waals surface area contributed by atoms with Crippen molar-refractivity contribution in [3.63, 3.8) is 0 Å². The zero-order valence-electron chi connectivity index (χ0n) is 22.6. The molecule has 42 heavy (non-hydrogen) atoms. The molecule has 1 atom stereocenters. The van der Waals surface area contributed by atoms with Gasteiger partial charge in [0, 0.05) is 25.8 Å². The van der Waals surface area contributed by atoms with Crippen molar-refractivity contribution in [2.75, 3.05) is 0 Å². The molecule has 220 valence electrons. The van der Waals surface area contributed by atoms with Crippen LogP contribution in [0.25, 0.3) is 10.8 Å². The number of fused-ring (bicyclic) bond motifs is 1. The van der Waals surface area contributed by atoms with Crippen molar-refractivity contribution >= 4 is 57.8 Å². The fourth-order valence-corrected chi connectivity index (χ4v) is 6.15. The van der Waals surface area contributed by atoms with Gasteiger partial charge in [0.05, 0.1) is 5.56 Å². The van der Waals surface area contributed by atoms with Gasteiger partial charge in [0.2, 0.25) is 0 Å². The van der Waals surface area contributed by atoms with E-state index in [-0.39, 0.29) is 34.6 Å². The van der Waals surface area contributed by atoms with Crippen LogP contribution in [0.5, 0.6) is 5.75 Å². The summed E-state index contributed by atoms with van der Waals surface area (Å²) in [4.78, 5) is 26.0. The number of nitrogens with one attached hydrogen (secondary N) is 1. The maximum absolute atomic E-state index is 13.6. The lowest BCUT2D eigenvalue weighted by Crippen LogP contribution is -2.52. The summed E-state index contributed by atoms with van der Waals surface area (Å²) >= 11 is 7.42. The molecule has 0 aliphatic heterocycles. The second kappa shape index (κ2) is 13.3. The van der Waals surface area contributed by atoms with Gasteiger partial charge in [0.25, 0.3) is 5.91 Å². The van der Waals surface area contributed by atoms with Crippen molar-refractivity contribution in [2.45, 2.75) is 47.4 Å². The molecule has 4 aromatic rings. The Morgan fingerprint density at radius 1 is 0.952 bits per heavy atom. The quantitative estimate of drug-likeness (QED) is 0.161. The van der Waals surface area contributed by atoms with Gasteiger partial charge in [0.15, 0.2) is 0 Å². The number of rotatable bonds is 11. The Labute approximate surface area is 254 Å². The Hall–Kier alpha value is -3.34. The van der Waals surface area contributed by atoms with Gasteiger partial charge in [-0.25, -0.2) is 4.79 Å². The van der Waals surface area contributed by atoms with E-state index < -0.39 is 28.2 Å². The molecule has 0 aliphatic rings. The fraction of sp³-hybridized carbons (Fsp3) is 0.226. The molecule has 0 radical (unpaired) electrons. The molecule has 4 rings (SSSR count). The van der Waals surface area contributed by atoms with Gasteiger partial charge < -0.3 is 15.2 Å². The van der Waals surface area contributed by atoms with E-state index in [2.05, 4.69) is 5.32 Å². The Kier molecular flexibility index (Phi) is 10.0. The first-order valence-corrected chi connectivity index (χ1v) is 14.9. The molecule has 0 saturated carbocycles. The summed E-state index contributed by atoms with van der Waals surface area (Å²) in [6, 6.07) is 22.4. The smallest absolute Gasteiger partial charge is 0.446 e. The van der Waals surface area contributed by atoms with Crippen LogP contribution in [0.1, 0.15) is 35.3 Å². The highest BCUT2D eigenvalue weighted by Gasteiger charge is 2.38. The predicted octanol–water partition coefficient (Wildman–Crippen LogP) is 8.58. The highest BCUT2D eigenvalue weighted by Crippen LogP contribution is 2.37. The van der Waals surface area contributed by atoms with E-state index >= 15 is 0 Å². The van der Waals surface area contributed by atoms with Crippen molar-refractivity contribution in [3.05, 3.63) is 107 Å². The minimum absolute atomic E-state index is 0.0210. The molecule has 0 aromatic heterocycles. The molecule has 0 aliphatic carbocycles. The summed E-state index contributed by atoms with van der Waals surface area (Å²) in [5.74, 6) is -1.15. The molecule has 0 bridgehead atoms. The maximum atomic E-state index is 13.6. The molecule has 1 amide bonds. The fourth-order valence-electron chi connectivity index (χ4n) is 4.22. The third-order valence-electron chi connectivity index (χ3n) is 6.44. The van der Waals surface area contributed by atoms with Crippen LogP contribution in [0.15, 0.2) is 89.8 Å². The number of carboxylic acid groups (broad SMARTS) is 1. The molecule has 0 saturated heterocycles. The average Bonchev–Trinajstić information content (AvgIpc) is 2.93. The van der Waals surface area contributed by atoms with Crippen LogP contribution in [-0.4, -0.2) is 33.3 Å². The van der Waals surface area contributed by atoms with Gasteiger partial charge in [-0.1, -0.05) is 72.3 Å². The van der Waals surface area contributed by atoms with Crippen molar-refractivity contribution < 1.29 is 32.6 Å². The number of carboxylic acids is 1. The highest BCUT2D eigenvalue weighted by atomic mass is 35.5. The molecule has 2 N–H and O–H groups in total. The summed E-state index contributed by atoms with van der Waals surface area (Å²) in [6.07, 6.45) is 0. The Balaban J connectivity index is 1.56. The third-order valence-corrected chi connectivity index (χ3v) is 8.98. The number of alkyl halides is 3. The lowest BCUT2D eigenvalue weighted by Gasteiger charge is -2.32. The van der Waals surface area contributed by atoms with Gasteiger partial charge >= 0.3 is 11.5 Å². The third kappa shape index (κ3) is 8.14. The van der Waals surface area contributed by atoms with E-state index in [1.54, 1.807) is 44.2 Å². The number of benzene rings is 4. The number of halogens is 4. The molecule has 4 aromatic carbocycles. The van der Waals surface area contributed by atoms with E-state index in [4.69, 9.17) is 16.3 Å². The Morgan fingerprint density at radius 3 is 2.29 bits per heavy atom. The van der Waals surface area contributed by atoms with E-state index in [0.29, 0.717) is 21.7 Å². The molecule has 0 fully saturated rings. The van der Waals surface area contributed by atoms with Crippen molar-refractivity contribution in [1.82, 2.24) is 5.32 Å². The van der Waals surface area contributed by atoms with Crippen LogP contribution in [0.2, 0.25) is 5.02 Å². The van der Waals surface area contributed by atoms with E-state index in [0.717, 1.165) is 10.9 Å². The van der Waals surface area contributed by atoms with Crippen LogP contribution in [0.4, 0.5) is 13.2 Å². The number of hydrogen-bond acceptors (Lipinski definition) is 5. The lowest BCUT2D eigenvalue weighted by atomic mass is 10.0. The van der Waals surface area contributed by atoms with Crippen molar-refractivity contribution in [2.24, 2.45) is 0 Å². The summed E-state index contributed by atoms with van der Waals surface area (Å²) in [6.45, 7) is 3.46. The maximum Gasteiger partial charge on any atom is 0.446 e. The highest BCUT2D eigenvalue weighted by molar-refractivity contribution is 8.00. The minimum atomic E-state index is -4.39. The lowest BCUT2D eigenvalue weighted by molar-refractivity contribution is -0.139. The van der Waals surface area contributed by atoms with Gasteiger partial charge in [-0.05, 0) is 66.4 Å². The number of carbonyl (C=O) groups excluding carboxylic acids is 1. The van der Waals surface area contributed by atoms with E-state index in [9.17, 15) is 27.9 Å². The first-order chi connectivity index (χ1) is 19.8. The van der Waals surface area contributed by atoms with E-state index in [1.807, 2.05) is 30.3 Å². The Bertz CT molecular complexity index is 1580. The zero-order valence-corrected chi connectivity index (χ0v) is 25.0. The van der Waals surface area contributed by atoms with Crippen LogP contribution >= 0.6 is 35.1 Å². The molecule has 0 heterocycles. The predicted molar refractivity (Wildman–Crippen MR) is 162 cm³/mol. The van der Waals surface area contributed by atoms with Crippen LogP contribution in [0.3, 0.4) is 0 Å². The van der Waals surface area contributed by atoms with Crippen molar-refractivity contribution in [3.8, 4) is 5.75 Å². The topological polar surface area (TPSA) is 75.6 Å². The Morgan fingerprint density at radius 2 is 1.62 bits per heavy atom. The van der Waals surface area contributed by atoms with Crippen LogP contribution < -0.4 is 10.1 Å². The number of thioether (sulfide) groups is 2. The second-order valence-electron chi connectivity index (χ2n) is 9.87. The summed E-state index contributed by atoms with van der Waals surface area (Å²) in [5.41, 5.74) is -2.81. The van der Waals surface area contributed by atoms with Gasteiger partial charge in [-0.2, -0.15) is 13.2 Å². The van der Waals surface area contributed by atoms with Gasteiger partial charge in [-0.3, -0.25) is 4.79 Å². The number of hydrogen-bond donors (Lipinski definition) is 2. The molecule has 1 unspecified atom stereocenters. The van der Waals surface area contributed by atoms with Gasteiger partial charge in [-0.15, -0.1) is 11.8 Å². The second-order valence-corrected chi connectivity index (χ2v) is 13.0. The minimum Gasteiger partial charge on any atom is -0.487 e. The molecule has 5 nitrogen and oxygen atoms in total. The largest absolute Gasteiger partial charge is 0.487 e. The number of amides is 1. The normalized spacial score (nSPS) is 12.6. The monoisotopic (exact) mass is 633 g/mol. The molecule has 11 heteroatoms. The zero-order chi connectivity index (χ0) is 30.5. The first kappa shape index (κ1) is 31.6. The average molecular weight is 634 g/mol. The number of aliphatic carboxylic acids is 1. The standard InChI is InChI=1S/C31H27ClF3NO4S2/c1-30(2,41-18-21-8-4-6-10-25(21)32)27(29(38)39)36-28(37)24-16-13-20-7-3-5-9-23(20)26(24)40-17-19-11-14-22(15-12-19)42-31(33,34)35/h3-16,27H,17-18H2,1-2H3,(H,36,37)(H,38,39). The number of carbonyl (C=O) groups is 2. The van der Waals surface area contributed by atoms with Crippen LogP contribution in [0, 0.1) is 0 Å². The SMILES string of the molecule is CC(C)(SCc1ccccc1Cl)C(NC(=O)c1ccc2ccccc2c1OCc1ccc(SC(F)(F)F)cc1)C(=O)O. The summed E-state index contributed by atoms with van der Waals surface area (Å²) in [7, 11) is 0. The summed E-state index contributed by atoms with van der Waals surface area (Å²) in [5, 5.41) is 14.8. The van der Waals surface area contributed by atoms with Crippen LogP contribution in [-0.2, 0) is 17.2 Å². The molecule has 0 spiro atoms. The van der Waals surface area contributed by atoms with E-state index in [1.165, 1.54) is 36.0 Å². The first-order valence-electron chi connectivity index (χ1n) is 12.7. The molecular formula is C31H27ClF3NO4S2. The molecular weight excluding hydrogens is 607 g/mol. The van der Waals surface area contributed by atoms with Crippen molar-refractivity contribution in [1.29, 1.82) is 0 Å². The van der Waals surface area contributed by atoms with Gasteiger partial charge in [0.1, 0.15) is 18.4 Å². The number of ether oxygens (including phenoxy) is 1. The summed E-state index contributed by atoms with van der Waals surface area (Å²) < 4.78 is 43.2.